The number of carbonyl (C=O) groups is 1. The van der Waals surface area contributed by atoms with E-state index in [-0.39, 0.29) is 5.69 Å². The third-order valence-electron chi connectivity index (χ3n) is 4.80. The molecule has 8 nitrogen and oxygen atoms in total. The van der Waals surface area contributed by atoms with Crippen LogP contribution >= 0.6 is 11.3 Å². The lowest BCUT2D eigenvalue weighted by molar-refractivity contribution is -0.384. The van der Waals surface area contributed by atoms with Gasteiger partial charge in [0.05, 0.1) is 21.7 Å². The van der Waals surface area contributed by atoms with E-state index in [2.05, 4.69) is 4.99 Å². The maximum Gasteiger partial charge on any atom is 0.279 e. The number of non-ortho nitro benzene ring substituents is 1. The Balaban J connectivity index is 1.69. The number of benzene rings is 3. The van der Waals surface area contributed by atoms with Gasteiger partial charge in [0.25, 0.3) is 11.6 Å². The highest BCUT2D eigenvalue weighted by atomic mass is 32.1. The topological polar surface area (TPSA) is 96.0 Å². The predicted octanol–water partition coefficient (Wildman–Crippen LogP) is 5.18. The van der Waals surface area contributed by atoms with E-state index < -0.39 is 10.8 Å². The number of nitrogens with zero attached hydrogens (tertiary/aromatic N) is 3. The molecule has 0 unspecified atom stereocenters. The molecule has 0 aliphatic heterocycles. The lowest BCUT2D eigenvalue weighted by Gasteiger charge is -2.07. The summed E-state index contributed by atoms with van der Waals surface area (Å²) in [6.07, 6.45) is 0. The standard InChI is InChI=1S/C24H21N3O5S/c1-2-31-14-13-26-21-12-11-18(27(29)30)16-22(21)33-24(26)25-23(28)17-7-6-10-20(15-17)32-19-8-4-3-5-9-19/h3-12,15-16H,2,13-14H2,1H3. The number of rotatable bonds is 8. The molecule has 4 aromatic rings. The molecule has 33 heavy (non-hydrogen) atoms. The fraction of sp³-hybridized carbons (Fsp3) is 0.167. The third kappa shape index (κ3) is 5.33. The fourth-order valence-electron chi connectivity index (χ4n) is 3.25. The van der Waals surface area contributed by atoms with E-state index in [9.17, 15) is 14.9 Å². The van der Waals surface area contributed by atoms with Gasteiger partial charge in [0.15, 0.2) is 4.80 Å². The van der Waals surface area contributed by atoms with Crippen LogP contribution in [-0.2, 0) is 11.3 Å². The minimum absolute atomic E-state index is 0.00986. The van der Waals surface area contributed by atoms with Gasteiger partial charge >= 0.3 is 0 Å². The van der Waals surface area contributed by atoms with Crippen LogP contribution in [0.5, 0.6) is 11.5 Å². The Kier molecular flexibility index (Phi) is 6.92. The van der Waals surface area contributed by atoms with Crippen LogP contribution in [0.1, 0.15) is 17.3 Å². The number of aromatic nitrogens is 1. The van der Waals surface area contributed by atoms with Crippen LogP contribution in [0.2, 0.25) is 0 Å². The highest BCUT2D eigenvalue weighted by Crippen LogP contribution is 2.24. The van der Waals surface area contributed by atoms with Crippen molar-refractivity contribution in [3.8, 4) is 11.5 Å². The van der Waals surface area contributed by atoms with Gasteiger partial charge in [0.1, 0.15) is 11.5 Å². The highest BCUT2D eigenvalue weighted by molar-refractivity contribution is 7.16. The molecule has 168 valence electrons. The Hall–Kier alpha value is -3.82. The molecule has 1 aromatic heterocycles. The molecular weight excluding hydrogens is 442 g/mol. The fourth-order valence-corrected chi connectivity index (χ4v) is 4.33. The molecular formula is C24H21N3O5S. The predicted molar refractivity (Wildman–Crippen MR) is 126 cm³/mol. The second-order valence-electron chi connectivity index (χ2n) is 7.00. The summed E-state index contributed by atoms with van der Waals surface area (Å²) in [5.74, 6) is 0.761. The number of thiazole rings is 1. The van der Waals surface area contributed by atoms with Crippen molar-refractivity contribution in [1.82, 2.24) is 4.57 Å². The molecule has 0 aliphatic rings. The molecule has 0 saturated heterocycles. The van der Waals surface area contributed by atoms with Crippen molar-refractivity contribution in [1.29, 1.82) is 0 Å². The molecule has 3 aromatic carbocycles. The summed E-state index contributed by atoms with van der Waals surface area (Å²) in [6.45, 7) is 3.36. The van der Waals surface area contributed by atoms with E-state index >= 15 is 0 Å². The number of hydrogen-bond donors (Lipinski definition) is 0. The Morgan fingerprint density at radius 3 is 2.61 bits per heavy atom. The summed E-state index contributed by atoms with van der Waals surface area (Å²) in [5, 5.41) is 11.2. The number of fused-ring (bicyclic) bond motifs is 1. The third-order valence-corrected chi connectivity index (χ3v) is 5.84. The molecule has 1 heterocycles. The Labute approximate surface area is 193 Å². The minimum atomic E-state index is -0.441. The molecule has 0 aliphatic carbocycles. The second kappa shape index (κ2) is 10.2. The second-order valence-corrected chi connectivity index (χ2v) is 8.01. The van der Waals surface area contributed by atoms with Crippen LogP contribution in [0.3, 0.4) is 0 Å². The molecule has 0 atom stereocenters. The van der Waals surface area contributed by atoms with Crippen LogP contribution in [0.15, 0.2) is 77.8 Å². The zero-order valence-corrected chi connectivity index (χ0v) is 18.7. The van der Waals surface area contributed by atoms with Crippen molar-refractivity contribution in [3.05, 3.63) is 93.3 Å². The first-order valence-corrected chi connectivity index (χ1v) is 11.1. The van der Waals surface area contributed by atoms with Gasteiger partial charge in [-0.1, -0.05) is 35.6 Å². The van der Waals surface area contributed by atoms with Crippen LogP contribution < -0.4 is 9.54 Å². The first-order valence-electron chi connectivity index (χ1n) is 10.3. The molecule has 9 heteroatoms. The number of nitro benzene ring substituents is 1. The Morgan fingerprint density at radius 1 is 1.06 bits per heavy atom. The average molecular weight is 464 g/mol. The van der Waals surface area contributed by atoms with Gasteiger partial charge in [-0.05, 0) is 43.3 Å². The molecule has 0 spiro atoms. The molecule has 0 bridgehead atoms. The smallest absolute Gasteiger partial charge is 0.279 e. The van der Waals surface area contributed by atoms with E-state index in [0.29, 0.717) is 46.3 Å². The van der Waals surface area contributed by atoms with Gasteiger partial charge in [0.2, 0.25) is 0 Å². The maximum absolute atomic E-state index is 13.0. The summed E-state index contributed by atoms with van der Waals surface area (Å²) in [6, 6.07) is 20.7. The number of ether oxygens (including phenoxy) is 2. The van der Waals surface area contributed by atoms with Crippen molar-refractivity contribution in [2.45, 2.75) is 13.5 Å². The molecule has 0 saturated carbocycles. The lowest BCUT2D eigenvalue weighted by atomic mass is 10.2. The van der Waals surface area contributed by atoms with Crippen molar-refractivity contribution < 1.29 is 19.2 Å². The van der Waals surface area contributed by atoms with Gasteiger partial charge in [-0.3, -0.25) is 14.9 Å². The van der Waals surface area contributed by atoms with Gasteiger partial charge in [0, 0.05) is 30.8 Å². The summed E-state index contributed by atoms with van der Waals surface area (Å²) in [4.78, 5) is 28.5. The summed E-state index contributed by atoms with van der Waals surface area (Å²) in [7, 11) is 0. The SMILES string of the molecule is CCOCCn1c(=NC(=O)c2cccc(Oc3ccccc3)c2)sc2cc([N+](=O)[O-])ccc21. The van der Waals surface area contributed by atoms with E-state index in [1.165, 1.54) is 23.5 Å². The van der Waals surface area contributed by atoms with E-state index in [1.54, 1.807) is 30.3 Å². The molecule has 0 N–H and O–H groups in total. The molecule has 0 radical (unpaired) electrons. The molecule has 4 rings (SSSR count). The largest absolute Gasteiger partial charge is 0.457 e. The van der Waals surface area contributed by atoms with E-state index in [1.807, 2.05) is 41.8 Å². The summed E-state index contributed by atoms with van der Waals surface area (Å²) >= 11 is 1.23. The van der Waals surface area contributed by atoms with Crippen LogP contribution in [0, 0.1) is 10.1 Å². The molecule has 0 fully saturated rings. The van der Waals surface area contributed by atoms with Gasteiger partial charge in [-0.2, -0.15) is 4.99 Å². The van der Waals surface area contributed by atoms with Gasteiger partial charge in [-0.15, -0.1) is 0 Å². The first-order chi connectivity index (χ1) is 16.0. The van der Waals surface area contributed by atoms with Crippen molar-refractivity contribution in [3.63, 3.8) is 0 Å². The van der Waals surface area contributed by atoms with E-state index in [0.717, 1.165) is 5.52 Å². The summed E-state index contributed by atoms with van der Waals surface area (Å²) in [5.41, 5.74) is 1.13. The highest BCUT2D eigenvalue weighted by Gasteiger charge is 2.14. The normalized spacial score (nSPS) is 11.6. The van der Waals surface area contributed by atoms with Gasteiger partial charge < -0.3 is 14.0 Å². The average Bonchev–Trinajstić information content (AvgIpc) is 3.16. The van der Waals surface area contributed by atoms with E-state index in [4.69, 9.17) is 9.47 Å². The zero-order valence-electron chi connectivity index (χ0n) is 17.8. The van der Waals surface area contributed by atoms with Crippen LogP contribution in [-0.4, -0.2) is 28.6 Å². The number of hydrogen-bond acceptors (Lipinski definition) is 6. The Bertz CT molecular complexity index is 1360. The number of nitro groups is 1. The van der Waals surface area contributed by atoms with Crippen molar-refractivity contribution >= 4 is 33.1 Å². The molecule has 1 amide bonds. The lowest BCUT2D eigenvalue weighted by Crippen LogP contribution is -2.19. The quantitative estimate of drug-likeness (QED) is 0.204. The first kappa shape index (κ1) is 22.4. The monoisotopic (exact) mass is 463 g/mol. The van der Waals surface area contributed by atoms with Crippen LogP contribution in [0.25, 0.3) is 10.2 Å². The van der Waals surface area contributed by atoms with Crippen LogP contribution in [0.4, 0.5) is 5.69 Å². The number of carbonyl (C=O) groups excluding carboxylic acids is 1. The zero-order chi connectivity index (χ0) is 23.2. The van der Waals surface area contributed by atoms with Gasteiger partial charge in [-0.25, -0.2) is 0 Å². The minimum Gasteiger partial charge on any atom is -0.457 e. The summed E-state index contributed by atoms with van der Waals surface area (Å²) < 4.78 is 13.8. The van der Waals surface area contributed by atoms with Crippen molar-refractivity contribution in [2.75, 3.05) is 13.2 Å². The Morgan fingerprint density at radius 2 is 1.85 bits per heavy atom. The maximum atomic E-state index is 13.0. The number of amides is 1. The van der Waals surface area contributed by atoms with Crippen molar-refractivity contribution in [2.24, 2.45) is 4.99 Å². The number of para-hydroxylation sites is 1.